The molecule has 2 nitrogen and oxygen atoms in total. The van der Waals surface area contributed by atoms with Crippen molar-refractivity contribution >= 4 is 23.4 Å². The second-order valence-electron chi connectivity index (χ2n) is 2.67. The molecule has 0 spiro atoms. The Morgan fingerprint density at radius 1 is 1.38 bits per heavy atom. The fourth-order valence-electron chi connectivity index (χ4n) is 0.968. The largest absolute Gasteiger partial charge is 0.306 e. The fraction of sp³-hybridized carbons (Fsp3) is 0.200. The molecule has 13 heavy (non-hydrogen) atoms. The standard InChI is InChI=1S/C10H11NOS/c12-10(8-13)7-11-6-9-4-2-1-3-5-9/h1-5,8,11H,6-7H2. The van der Waals surface area contributed by atoms with Crippen LogP contribution >= 0.6 is 12.2 Å². The molecule has 0 aliphatic rings. The van der Waals surface area contributed by atoms with E-state index in [2.05, 4.69) is 17.5 Å². The summed E-state index contributed by atoms with van der Waals surface area (Å²) >= 11 is 4.49. The Bertz CT molecular complexity index is 284. The van der Waals surface area contributed by atoms with Gasteiger partial charge in [-0.1, -0.05) is 42.5 Å². The maximum absolute atomic E-state index is 10.8. The van der Waals surface area contributed by atoms with Crippen LogP contribution in [-0.2, 0) is 11.3 Å². The smallest absolute Gasteiger partial charge is 0.180 e. The number of nitrogens with one attached hydrogen (secondary N) is 1. The fourth-order valence-corrected chi connectivity index (χ4v) is 1.05. The average molecular weight is 193 g/mol. The second kappa shape index (κ2) is 5.56. The summed E-state index contributed by atoms with van der Waals surface area (Å²) in [5, 5.41) is 4.17. The number of Topliss-reactive ketones (excluding diaryl/α,β-unsaturated/α-hetero) is 1. The van der Waals surface area contributed by atoms with E-state index in [1.807, 2.05) is 30.3 Å². The molecule has 3 heteroatoms. The highest BCUT2D eigenvalue weighted by molar-refractivity contribution is 7.80. The molecular formula is C10H11NOS. The first-order chi connectivity index (χ1) is 6.33. The first kappa shape index (κ1) is 10.0. The molecule has 0 saturated carbocycles. The van der Waals surface area contributed by atoms with Crippen LogP contribution in [-0.4, -0.2) is 17.7 Å². The van der Waals surface area contributed by atoms with Gasteiger partial charge >= 0.3 is 0 Å². The zero-order valence-corrected chi connectivity index (χ0v) is 8.01. The van der Waals surface area contributed by atoms with Crippen molar-refractivity contribution < 1.29 is 4.79 Å². The Balaban J connectivity index is 2.28. The maximum atomic E-state index is 10.8. The van der Waals surface area contributed by atoms with Gasteiger partial charge in [-0.15, -0.1) is 0 Å². The lowest BCUT2D eigenvalue weighted by Gasteiger charge is -2.01. The van der Waals surface area contributed by atoms with E-state index in [-0.39, 0.29) is 5.78 Å². The molecule has 0 heterocycles. The van der Waals surface area contributed by atoms with Gasteiger partial charge in [-0.2, -0.15) is 0 Å². The zero-order valence-electron chi connectivity index (χ0n) is 7.19. The van der Waals surface area contributed by atoms with Gasteiger partial charge in [-0.25, -0.2) is 0 Å². The van der Waals surface area contributed by atoms with Crippen molar-refractivity contribution in [2.45, 2.75) is 6.54 Å². The van der Waals surface area contributed by atoms with Crippen molar-refractivity contribution in [3.63, 3.8) is 0 Å². The molecule has 0 aliphatic heterocycles. The van der Waals surface area contributed by atoms with Crippen LogP contribution in [0.15, 0.2) is 30.3 Å². The summed E-state index contributed by atoms with van der Waals surface area (Å²) in [7, 11) is 0. The summed E-state index contributed by atoms with van der Waals surface area (Å²) < 4.78 is 0. The molecule has 0 aliphatic carbocycles. The van der Waals surface area contributed by atoms with Gasteiger partial charge in [0.2, 0.25) is 0 Å². The third-order valence-corrected chi connectivity index (χ3v) is 1.87. The molecule has 0 radical (unpaired) electrons. The van der Waals surface area contributed by atoms with E-state index < -0.39 is 0 Å². The molecule has 0 unspecified atom stereocenters. The first-order valence-corrected chi connectivity index (χ1v) is 4.52. The van der Waals surface area contributed by atoms with E-state index in [1.165, 1.54) is 5.56 Å². The van der Waals surface area contributed by atoms with Crippen LogP contribution in [0.1, 0.15) is 5.56 Å². The van der Waals surface area contributed by atoms with Crippen molar-refractivity contribution in [2.75, 3.05) is 6.54 Å². The van der Waals surface area contributed by atoms with Gasteiger partial charge in [-0.3, -0.25) is 4.79 Å². The van der Waals surface area contributed by atoms with Crippen LogP contribution < -0.4 is 5.32 Å². The highest BCUT2D eigenvalue weighted by Gasteiger charge is 1.95. The Morgan fingerprint density at radius 3 is 2.69 bits per heavy atom. The summed E-state index contributed by atoms with van der Waals surface area (Å²) in [4.78, 5) is 10.8. The van der Waals surface area contributed by atoms with Crippen molar-refractivity contribution in [1.82, 2.24) is 5.32 Å². The summed E-state index contributed by atoms with van der Waals surface area (Å²) in [5.74, 6) is -0.0501. The van der Waals surface area contributed by atoms with Gasteiger partial charge < -0.3 is 5.32 Å². The Hall–Kier alpha value is -1.06. The number of rotatable bonds is 5. The van der Waals surface area contributed by atoms with Gasteiger partial charge in [0.25, 0.3) is 0 Å². The van der Waals surface area contributed by atoms with E-state index in [0.29, 0.717) is 13.1 Å². The molecule has 0 amide bonds. The monoisotopic (exact) mass is 193 g/mol. The first-order valence-electron chi connectivity index (χ1n) is 4.05. The highest BCUT2D eigenvalue weighted by atomic mass is 32.1. The number of ketones is 1. The Morgan fingerprint density at radius 2 is 2.08 bits per heavy atom. The minimum Gasteiger partial charge on any atom is -0.306 e. The van der Waals surface area contributed by atoms with Gasteiger partial charge in [0.15, 0.2) is 5.78 Å². The van der Waals surface area contributed by atoms with Gasteiger partial charge in [0.05, 0.1) is 6.54 Å². The topological polar surface area (TPSA) is 29.1 Å². The van der Waals surface area contributed by atoms with Crippen LogP contribution in [0.3, 0.4) is 0 Å². The minimum atomic E-state index is -0.0501. The van der Waals surface area contributed by atoms with E-state index in [0.717, 1.165) is 5.37 Å². The molecule has 0 aromatic heterocycles. The molecule has 1 aromatic rings. The number of thiocarbonyl (C=S) groups is 1. The lowest BCUT2D eigenvalue weighted by atomic mass is 10.2. The molecule has 0 bridgehead atoms. The second-order valence-corrected chi connectivity index (χ2v) is 2.91. The predicted octanol–water partition coefficient (Wildman–Crippen LogP) is 1.34. The van der Waals surface area contributed by atoms with Crippen molar-refractivity contribution in [2.24, 2.45) is 0 Å². The maximum Gasteiger partial charge on any atom is 0.180 e. The average Bonchev–Trinajstić information content (AvgIpc) is 2.19. The minimum absolute atomic E-state index is 0.0501. The van der Waals surface area contributed by atoms with Crippen molar-refractivity contribution in [1.29, 1.82) is 0 Å². The van der Waals surface area contributed by atoms with E-state index in [4.69, 9.17) is 0 Å². The third kappa shape index (κ3) is 3.92. The number of hydrogen-bond donors (Lipinski definition) is 1. The molecule has 0 fully saturated rings. The number of carbonyl (C=O) groups excluding carboxylic acids is 1. The summed E-state index contributed by atoms with van der Waals surface area (Å²) in [6.07, 6.45) is 0. The lowest BCUT2D eigenvalue weighted by molar-refractivity contribution is -0.111. The van der Waals surface area contributed by atoms with Crippen LogP contribution in [0.4, 0.5) is 0 Å². The zero-order chi connectivity index (χ0) is 9.52. The SMILES string of the molecule is O=C(C=S)CNCc1ccccc1. The Kier molecular flexibility index (Phi) is 4.29. The summed E-state index contributed by atoms with van der Waals surface area (Å²) in [6.45, 7) is 1.02. The van der Waals surface area contributed by atoms with Gasteiger partial charge in [-0.05, 0) is 5.56 Å². The predicted molar refractivity (Wildman–Crippen MR) is 56.8 cm³/mol. The molecule has 0 atom stereocenters. The number of carbonyl (C=O) groups is 1. The molecule has 1 rings (SSSR count). The van der Waals surface area contributed by atoms with Gasteiger partial charge in [0, 0.05) is 11.9 Å². The van der Waals surface area contributed by atoms with Gasteiger partial charge in [0.1, 0.15) is 0 Å². The molecule has 68 valence electrons. The van der Waals surface area contributed by atoms with E-state index in [9.17, 15) is 4.79 Å². The molecule has 1 aromatic carbocycles. The van der Waals surface area contributed by atoms with Crippen LogP contribution in [0.25, 0.3) is 0 Å². The van der Waals surface area contributed by atoms with Crippen LogP contribution in [0, 0.1) is 0 Å². The lowest BCUT2D eigenvalue weighted by Crippen LogP contribution is -2.22. The van der Waals surface area contributed by atoms with Crippen molar-refractivity contribution in [3.05, 3.63) is 35.9 Å². The molecule has 0 saturated heterocycles. The summed E-state index contributed by atoms with van der Waals surface area (Å²) in [5.41, 5.74) is 1.17. The highest BCUT2D eigenvalue weighted by Crippen LogP contribution is 1.96. The summed E-state index contributed by atoms with van der Waals surface area (Å²) in [6, 6.07) is 9.92. The van der Waals surface area contributed by atoms with Crippen LogP contribution in [0.5, 0.6) is 0 Å². The number of hydrogen-bond acceptors (Lipinski definition) is 3. The van der Waals surface area contributed by atoms with E-state index >= 15 is 0 Å². The third-order valence-electron chi connectivity index (χ3n) is 1.60. The van der Waals surface area contributed by atoms with E-state index in [1.54, 1.807) is 0 Å². The van der Waals surface area contributed by atoms with Crippen LogP contribution in [0.2, 0.25) is 0 Å². The molecule has 1 N–H and O–H groups in total. The number of benzene rings is 1. The normalized spacial score (nSPS) is 9.54. The molecular weight excluding hydrogens is 182 g/mol. The Labute approximate surface area is 83.0 Å². The quantitative estimate of drug-likeness (QED) is 0.716. The van der Waals surface area contributed by atoms with Crippen molar-refractivity contribution in [3.8, 4) is 0 Å².